The van der Waals surface area contributed by atoms with Crippen LogP contribution in [0.2, 0.25) is 0 Å². The average molecular weight is 562 g/mol. The van der Waals surface area contributed by atoms with E-state index in [4.69, 9.17) is 4.98 Å². The predicted molar refractivity (Wildman–Crippen MR) is 157 cm³/mol. The SMILES string of the molecule is CN(C)C(=O)c1cc2cnc(Nc3ccc(N4CCN(C5CCN(C(=O)O)CC5)CC4)cn3)nc2n1C1CCCC1. The molecule has 218 valence electrons. The number of carbonyl (C=O) groups excluding carboxylic acids is 1. The molecule has 3 fully saturated rings. The highest BCUT2D eigenvalue weighted by molar-refractivity contribution is 5.97. The van der Waals surface area contributed by atoms with Crippen LogP contribution in [0.25, 0.3) is 11.0 Å². The summed E-state index contributed by atoms with van der Waals surface area (Å²) in [6.45, 7) is 5.00. The van der Waals surface area contributed by atoms with Crippen LogP contribution in [0.1, 0.15) is 55.1 Å². The third-order valence-electron chi connectivity index (χ3n) is 8.81. The Labute approximate surface area is 240 Å². The molecule has 41 heavy (non-hydrogen) atoms. The molecule has 2 amide bonds. The summed E-state index contributed by atoms with van der Waals surface area (Å²) < 4.78 is 2.11. The van der Waals surface area contributed by atoms with Crippen molar-refractivity contribution < 1.29 is 14.7 Å². The number of rotatable bonds is 6. The molecule has 2 saturated heterocycles. The van der Waals surface area contributed by atoms with Crippen molar-refractivity contribution in [2.75, 3.05) is 63.6 Å². The highest BCUT2D eigenvalue weighted by Gasteiger charge is 2.29. The summed E-state index contributed by atoms with van der Waals surface area (Å²) >= 11 is 0. The van der Waals surface area contributed by atoms with Crippen LogP contribution in [-0.2, 0) is 0 Å². The van der Waals surface area contributed by atoms with E-state index in [0.29, 0.717) is 36.6 Å². The van der Waals surface area contributed by atoms with Crippen molar-refractivity contribution in [1.82, 2.24) is 34.2 Å². The zero-order valence-corrected chi connectivity index (χ0v) is 23.9. The van der Waals surface area contributed by atoms with E-state index in [0.717, 1.165) is 81.4 Å². The fourth-order valence-electron chi connectivity index (χ4n) is 6.52. The molecule has 0 spiro atoms. The zero-order valence-electron chi connectivity index (χ0n) is 23.9. The first-order chi connectivity index (χ1) is 19.9. The van der Waals surface area contributed by atoms with Crippen LogP contribution in [0.4, 0.5) is 22.2 Å². The summed E-state index contributed by atoms with van der Waals surface area (Å²) in [4.78, 5) is 46.1. The minimum Gasteiger partial charge on any atom is -0.465 e. The fourth-order valence-corrected chi connectivity index (χ4v) is 6.52. The van der Waals surface area contributed by atoms with E-state index in [1.54, 1.807) is 25.2 Å². The molecular weight excluding hydrogens is 522 g/mol. The van der Waals surface area contributed by atoms with Gasteiger partial charge in [-0.05, 0) is 43.9 Å². The second-order valence-corrected chi connectivity index (χ2v) is 11.6. The Balaban J connectivity index is 1.11. The van der Waals surface area contributed by atoms with E-state index in [-0.39, 0.29) is 11.9 Å². The third-order valence-corrected chi connectivity index (χ3v) is 8.81. The van der Waals surface area contributed by atoms with Gasteiger partial charge in [0.25, 0.3) is 5.91 Å². The number of carboxylic acid groups (broad SMARTS) is 1. The number of nitrogens with one attached hydrogen (secondary N) is 1. The number of hydrogen-bond donors (Lipinski definition) is 2. The molecule has 1 aliphatic carbocycles. The second-order valence-electron chi connectivity index (χ2n) is 11.6. The first-order valence-corrected chi connectivity index (χ1v) is 14.7. The van der Waals surface area contributed by atoms with Gasteiger partial charge in [0.2, 0.25) is 5.95 Å². The topological polar surface area (TPSA) is 123 Å². The minimum absolute atomic E-state index is 0.0222. The van der Waals surface area contributed by atoms with Crippen LogP contribution in [0.15, 0.2) is 30.6 Å². The summed E-state index contributed by atoms with van der Waals surface area (Å²) in [6.07, 6.45) is 9.08. The number of fused-ring (bicyclic) bond motifs is 1. The molecule has 0 bridgehead atoms. The Morgan fingerprint density at radius 1 is 0.927 bits per heavy atom. The van der Waals surface area contributed by atoms with Gasteiger partial charge in [0.05, 0.1) is 11.9 Å². The number of piperidine rings is 1. The van der Waals surface area contributed by atoms with E-state index in [2.05, 4.69) is 35.7 Å². The lowest BCUT2D eigenvalue weighted by Gasteiger charge is -2.42. The maximum absolute atomic E-state index is 13.0. The number of likely N-dealkylation sites (tertiary alicyclic amines) is 1. The number of anilines is 3. The normalized spacial score (nSPS) is 19.2. The Morgan fingerprint density at radius 3 is 2.29 bits per heavy atom. The summed E-state index contributed by atoms with van der Waals surface area (Å²) in [7, 11) is 3.56. The van der Waals surface area contributed by atoms with E-state index in [1.807, 2.05) is 18.3 Å². The second kappa shape index (κ2) is 11.5. The van der Waals surface area contributed by atoms with Gasteiger partial charge in [0.1, 0.15) is 17.2 Å². The number of aromatic nitrogens is 4. The molecule has 3 aromatic rings. The van der Waals surface area contributed by atoms with Gasteiger partial charge >= 0.3 is 6.09 Å². The number of pyridine rings is 1. The molecule has 2 N–H and O–H groups in total. The van der Waals surface area contributed by atoms with E-state index < -0.39 is 6.09 Å². The summed E-state index contributed by atoms with van der Waals surface area (Å²) in [5, 5.41) is 13.3. The van der Waals surface area contributed by atoms with Crippen LogP contribution < -0.4 is 10.2 Å². The zero-order chi connectivity index (χ0) is 28.5. The molecule has 2 aliphatic heterocycles. The Morgan fingerprint density at radius 2 is 1.66 bits per heavy atom. The van der Waals surface area contributed by atoms with E-state index >= 15 is 0 Å². The first-order valence-electron chi connectivity index (χ1n) is 14.7. The maximum Gasteiger partial charge on any atom is 0.407 e. The summed E-state index contributed by atoms with van der Waals surface area (Å²) in [5.41, 5.74) is 2.52. The van der Waals surface area contributed by atoms with Crippen molar-refractivity contribution in [3.05, 3.63) is 36.3 Å². The van der Waals surface area contributed by atoms with Crippen LogP contribution >= 0.6 is 0 Å². The molecule has 12 heteroatoms. The van der Waals surface area contributed by atoms with Crippen LogP contribution in [0.5, 0.6) is 0 Å². The van der Waals surface area contributed by atoms with Crippen LogP contribution in [0.3, 0.4) is 0 Å². The number of hydrogen-bond acceptors (Lipinski definition) is 8. The molecule has 5 heterocycles. The third kappa shape index (κ3) is 5.65. The van der Waals surface area contributed by atoms with Gasteiger partial charge in [-0.15, -0.1) is 0 Å². The van der Waals surface area contributed by atoms with Gasteiger partial charge in [0, 0.05) is 77.0 Å². The first kappa shape index (κ1) is 27.3. The average Bonchev–Trinajstić information content (AvgIpc) is 3.65. The Bertz CT molecular complexity index is 1380. The van der Waals surface area contributed by atoms with Crippen LogP contribution in [-0.4, -0.2) is 111 Å². The highest BCUT2D eigenvalue weighted by atomic mass is 16.4. The Hall–Kier alpha value is -3.93. The molecule has 3 aliphatic rings. The van der Waals surface area contributed by atoms with Gasteiger partial charge in [-0.1, -0.05) is 12.8 Å². The fraction of sp³-hybridized carbons (Fsp3) is 0.552. The molecule has 0 unspecified atom stereocenters. The quantitative estimate of drug-likeness (QED) is 0.464. The van der Waals surface area contributed by atoms with Crippen molar-refractivity contribution in [3.63, 3.8) is 0 Å². The number of nitrogens with zero attached hydrogens (tertiary/aromatic N) is 8. The molecule has 0 radical (unpaired) electrons. The lowest BCUT2D eigenvalue weighted by atomic mass is 10.0. The molecule has 0 aromatic carbocycles. The van der Waals surface area contributed by atoms with Crippen molar-refractivity contribution in [2.45, 2.75) is 50.6 Å². The van der Waals surface area contributed by atoms with Gasteiger partial charge in [-0.25, -0.2) is 14.8 Å². The van der Waals surface area contributed by atoms with Crippen molar-refractivity contribution >= 4 is 40.5 Å². The van der Waals surface area contributed by atoms with Crippen molar-refractivity contribution in [1.29, 1.82) is 0 Å². The largest absolute Gasteiger partial charge is 0.465 e. The van der Waals surface area contributed by atoms with Gasteiger partial charge < -0.3 is 29.7 Å². The molecule has 3 aromatic heterocycles. The predicted octanol–water partition coefficient (Wildman–Crippen LogP) is 3.65. The Kier molecular flexibility index (Phi) is 7.65. The van der Waals surface area contributed by atoms with Crippen molar-refractivity contribution in [2.24, 2.45) is 0 Å². The van der Waals surface area contributed by atoms with E-state index in [9.17, 15) is 14.7 Å². The summed E-state index contributed by atoms with van der Waals surface area (Å²) in [5.74, 6) is 1.10. The molecule has 6 rings (SSSR count). The highest BCUT2D eigenvalue weighted by Crippen LogP contribution is 2.35. The maximum atomic E-state index is 13.0. The lowest BCUT2D eigenvalue weighted by Crippen LogP contribution is -2.53. The number of amides is 2. The van der Waals surface area contributed by atoms with Gasteiger partial charge in [0.15, 0.2) is 0 Å². The van der Waals surface area contributed by atoms with Gasteiger partial charge in [-0.3, -0.25) is 9.69 Å². The van der Waals surface area contributed by atoms with Gasteiger partial charge in [-0.2, -0.15) is 4.98 Å². The molecule has 0 atom stereocenters. The monoisotopic (exact) mass is 561 g/mol. The standard InChI is InChI=1S/C29H39N9O3/c1-34(2)27(39)24-17-20-18-31-28(33-26(20)38(24)22-5-3-4-6-22)32-25-8-7-23(19-30-25)36-15-13-35(14-16-36)21-9-11-37(12-10-21)29(40)41/h7-8,17-19,21-22H,3-6,9-16H2,1-2H3,(H,40,41)(H,30,31,32,33). The van der Waals surface area contributed by atoms with Crippen molar-refractivity contribution in [3.8, 4) is 0 Å². The number of carbonyl (C=O) groups is 2. The smallest absolute Gasteiger partial charge is 0.407 e. The summed E-state index contributed by atoms with van der Waals surface area (Å²) in [6, 6.07) is 6.66. The number of piperazine rings is 1. The molecular formula is C29H39N9O3. The molecule has 12 nitrogen and oxygen atoms in total. The molecule has 1 saturated carbocycles. The minimum atomic E-state index is -0.810. The van der Waals surface area contributed by atoms with Crippen LogP contribution in [0, 0.1) is 0 Å². The lowest BCUT2D eigenvalue weighted by molar-refractivity contribution is 0.0815. The van der Waals surface area contributed by atoms with E-state index in [1.165, 1.54) is 4.90 Å².